The second-order valence-corrected chi connectivity index (χ2v) is 6.74. The standard InChI is InChI=1S/C15H25NO6P/c1-4-19-13-8-6-7-9-14(13)22-23(18,11-10-16)21-12(3)15(17)20-5-2/h6-9,12,18H,4-5,10-11,16H2,1-3H3/q+1/t12-,23?/m0/s1. The quantitative estimate of drug-likeness (QED) is 0.494. The second-order valence-electron chi connectivity index (χ2n) is 4.62. The Morgan fingerprint density at radius 2 is 1.91 bits per heavy atom. The number of benzene rings is 1. The van der Waals surface area contributed by atoms with E-state index in [9.17, 15) is 9.69 Å². The van der Waals surface area contributed by atoms with E-state index in [1.54, 1.807) is 31.2 Å². The highest BCUT2D eigenvalue weighted by molar-refractivity contribution is 7.61. The van der Waals surface area contributed by atoms with Crippen LogP contribution in [0, 0.1) is 0 Å². The molecule has 0 spiro atoms. The molecule has 23 heavy (non-hydrogen) atoms. The summed E-state index contributed by atoms with van der Waals surface area (Å²) in [5, 5.41) is 0. The molecule has 0 aliphatic heterocycles. The first-order chi connectivity index (χ1) is 11.0. The van der Waals surface area contributed by atoms with E-state index in [-0.39, 0.29) is 19.3 Å². The van der Waals surface area contributed by atoms with Crippen molar-refractivity contribution < 1.29 is 28.2 Å². The Bertz CT molecular complexity index is 501. The molecule has 0 fully saturated rings. The number of rotatable bonds is 10. The fraction of sp³-hybridized carbons (Fsp3) is 0.533. The summed E-state index contributed by atoms with van der Waals surface area (Å²) in [7, 11) is -3.38. The zero-order valence-corrected chi connectivity index (χ0v) is 14.6. The SMILES string of the molecule is CCOC(=O)[C@H](C)O[P+](O)(CCN)Oc1ccccc1OCC. The van der Waals surface area contributed by atoms with E-state index in [4.69, 9.17) is 24.3 Å². The third-order valence-corrected chi connectivity index (χ3v) is 4.69. The van der Waals surface area contributed by atoms with Gasteiger partial charge in [0.05, 0.1) is 13.2 Å². The lowest BCUT2D eigenvalue weighted by atomic mass is 10.3. The van der Waals surface area contributed by atoms with Crippen LogP contribution in [0.3, 0.4) is 0 Å². The molecule has 0 aromatic heterocycles. The Morgan fingerprint density at radius 3 is 2.48 bits per heavy atom. The van der Waals surface area contributed by atoms with Crippen molar-refractivity contribution in [2.24, 2.45) is 5.73 Å². The molecule has 130 valence electrons. The molecule has 2 atom stereocenters. The number of carbonyl (C=O) groups excluding carboxylic acids is 1. The third kappa shape index (κ3) is 6.31. The number of nitrogens with two attached hydrogens (primary N) is 1. The zero-order valence-electron chi connectivity index (χ0n) is 13.7. The lowest BCUT2D eigenvalue weighted by Gasteiger charge is -2.20. The van der Waals surface area contributed by atoms with Gasteiger partial charge in [-0.15, -0.1) is 0 Å². The van der Waals surface area contributed by atoms with Crippen LogP contribution >= 0.6 is 7.94 Å². The molecule has 0 heterocycles. The van der Waals surface area contributed by atoms with Gasteiger partial charge in [0.15, 0.2) is 11.9 Å². The molecule has 0 saturated carbocycles. The summed E-state index contributed by atoms with van der Waals surface area (Å²) in [6, 6.07) is 6.92. The first-order valence-electron chi connectivity index (χ1n) is 7.53. The minimum atomic E-state index is -3.38. The minimum absolute atomic E-state index is 0.0806. The van der Waals surface area contributed by atoms with Gasteiger partial charge in [0.2, 0.25) is 11.9 Å². The minimum Gasteiger partial charge on any atom is -0.490 e. The molecule has 0 bridgehead atoms. The molecule has 7 nitrogen and oxygen atoms in total. The summed E-state index contributed by atoms with van der Waals surface area (Å²) >= 11 is 0. The Hall–Kier alpha value is -1.40. The van der Waals surface area contributed by atoms with Crippen molar-refractivity contribution in [2.75, 3.05) is 25.9 Å². The largest absolute Gasteiger partial charge is 0.490 e. The molecule has 0 saturated heterocycles. The van der Waals surface area contributed by atoms with Crippen LogP contribution in [0.4, 0.5) is 0 Å². The van der Waals surface area contributed by atoms with Gasteiger partial charge in [-0.2, -0.15) is 9.42 Å². The molecular formula is C15H25NO6P+. The predicted molar refractivity (Wildman–Crippen MR) is 88.5 cm³/mol. The van der Waals surface area contributed by atoms with Gasteiger partial charge in [0, 0.05) is 6.54 Å². The van der Waals surface area contributed by atoms with Crippen molar-refractivity contribution in [1.29, 1.82) is 0 Å². The molecule has 1 aromatic carbocycles. The Labute approximate surface area is 137 Å². The number of ether oxygens (including phenoxy) is 2. The second kappa shape index (κ2) is 9.67. The fourth-order valence-electron chi connectivity index (χ4n) is 1.79. The van der Waals surface area contributed by atoms with E-state index in [2.05, 4.69) is 0 Å². The van der Waals surface area contributed by atoms with Gasteiger partial charge in [-0.1, -0.05) is 12.1 Å². The van der Waals surface area contributed by atoms with Crippen LogP contribution in [0.5, 0.6) is 11.5 Å². The van der Waals surface area contributed by atoms with Crippen LogP contribution in [0.2, 0.25) is 0 Å². The summed E-state index contributed by atoms with van der Waals surface area (Å²) in [4.78, 5) is 22.4. The summed E-state index contributed by atoms with van der Waals surface area (Å²) in [5.41, 5.74) is 5.54. The Morgan fingerprint density at radius 1 is 1.26 bits per heavy atom. The molecular weight excluding hydrogens is 321 g/mol. The van der Waals surface area contributed by atoms with Gasteiger partial charge in [0.25, 0.3) is 0 Å². The van der Waals surface area contributed by atoms with E-state index >= 15 is 0 Å². The molecule has 3 N–H and O–H groups in total. The maximum atomic E-state index is 11.7. The van der Waals surface area contributed by atoms with Crippen LogP contribution in [0.1, 0.15) is 20.8 Å². The smallest absolute Gasteiger partial charge is 0.456 e. The molecule has 1 aromatic rings. The average Bonchev–Trinajstić information content (AvgIpc) is 2.49. The van der Waals surface area contributed by atoms with Gasteiger partial charge in [0.1, 0.15) is 0 Å². The maximum Gasteiger partial charge on any atom is 0.456 e. The average molecular weight is 346 g/mol. The van der Waals surface area contributed by atoms with Crippen molar-refractivity contribution in [3.8, 4) is 11.5 Å². The predicted octanol–water partition coefficient (Wildman–Crippen LogP) is 2.15. The normalized spacial score (nSPS) is 14.7. The van der Waals surface area contributed by atoms with Crippen LogP contribution in [0.15, 0.2) is 24.3 Å². The van der Waals surface area contributed by atoms with Crippen molar-refractivity contribution >= 4 is 13.9 Å². The first kappa shape index (κ1) is 19.6. The molecule has 1 rings (SSSR count). The molecule has 1 unspecified atom stereocenters. The van der Waals surface area contributed by atoms with Gasteiger partial charge < -0.3 is 15.2 Å². The monoisotopic (exact) mass is 346 g/mol. The molecule has 0 aliphatic carbocycles. The van der Waals surface area contributed by atoms with E-state index in [1.807, 2.05) is 6.92 Å². The lowest BCUT2D eigenvalue weighted by molar-refractivity contribution is -0.151. The van der Waals surface area contributed by atoms with E-state index in [1.165, 1.54) is 6.92 Å². The zero-order chi connectivity index (χ0) is 17.3. The van der Waals surface area contributed by atoms with Gasteiger partial charge in [-0.25, -0.2) is 4.79 Å². The maximum absolute atomic E-state index is 11.7. The summed E-state index contributed by atoms with van der Waals surface area (Å²) in [6.45, 7) is 5.87. The number of hydrogen-bond acceptors (Lipinski definition) is 7. The van der Waals surface area contributed by atoms with Gasteiger partial charge >= 0.3 is 13.9 Å². The highest BCUT2D eigenvalue weighted by Crippen LogP contribution is 2.58. The number of para-hydroxylation sites is 2. The van der Waals surface area contributed by atoms with Crippen molar-refractivity contribution in [3.05, 3.63) is 24.3 Å². The van der Waals surface area contributed by atoms with Crippen LogP contribution in [-0.2, 0) is 14.1 Å². The van der Waals surface area contributed by atoms with Gasteiger partial charge in [-0.3, -0.25) is 4.52 Å². The highest BCUT2D eigenvalue weighted by Gasteiger charge is 2.46. The summed E-state index contributed by atoms with van der Waals surface area (Å²) in [5.74, 6) is 0.261. The first-order valence-corrected chi connectivity index (χ1v) is 9.29. The molecule has 0 radical (unpaired) electrons. The third-order valence-electron chi connectivity index (χ3n) is 2.74. The van der Waals surface area contributed by atoms with Crippen LogP contribution < -0.4 is 15.0 Å². The summed E-state index contributed by atoms with van der Waals surface area (Å²) in [6.07, 6.45) is -0.879. The Kier molecular flexibility index (Phi) is 8.26. The topological polar surface area (TPSA) is 100 Å². The van der Waals surface area contributed by atoms with Crippen LogP contribution in [0.25, 0.3) is 0 Å². The molecule has 0 amide bonds. The van der Waals surface area contributed by atoms with Gasteiger partial charge in [-0.05, 0) is 32.9 Å². The highest BCUT2D eigenvalue weighted by atomic mass is 31.2. The number of hydrogen-bond donors (Lipinski definition) is 2. The number of carbonyl (C=O) groups is 1. The molecule has 8 heteroatoms. The van der Waals surface area contributed by atoms with E-state index in [0.717, 1.165) is 0 Å². The van der Waals surface area contributed by atoms with Crippen molar-refractivity contribution in [1.82, 2.24) is 0 Å². The summed E-state index contributed by atoms with van der Waals surface area (Å²) < 4.78 is 21.4. The van der Waals surface area contributed by atoms with Crippen LogP contribution in [-0.4, -0.2) is 42.9 Å². The number of esters is 1. The van der Waals surface area contributed by atoms with Crippen molar-refractivity contribution in [2.45, 2.75) is 26.9 Å². The van der Waals surface area contributed by atoms with E-state index in [0.29, 0.717) is 18.1 Å². The van der Waals surface area contributed by atoms with E-state index < -0.39 is 20.0 Å². The van der Waals surface area contributed by atoms with Crippen molar-refractivity contribution in [3.63, 3.8) is 0 Å². The lowest BCUT2D eigenvalue weighted by Crippen LogP contribution is -2.27. The Balaban J connectivity index is 2.90. The fourth-order valence-corrected chi connectivity index (χ4v) is 3.39. The molecule has 0 aliphatic rings.